The third-order valence-electron chi connectivity index (χ3n) is 3.78. The maximum atomic E-state index is 12.4. The summed E-state index contributed by atoms with van der Waals surface area (Å²) in [7, 11) is 0. The number of fused-ring (bicyclic) bond motifs is 1. The van der Waals surface area contributed by atoms with Gasteiger partial charge < -0.3 is 9.73 Å². The molecule has 0 saturated heterocycles. The van der Waals surface area contributed by atoms with Gasteiger partial charge in [0.2, 0.25) is 0 Å². The average molecular weight is 325 g/mol. The molecule has 0 saturated carbocycles. The van der Waals surface area contributed by atoms with Crippen molar-refractivity contribution in [3.05, 3.63) is 65.2 Å². The van der Waals surface area contributed by atoms with Crippen LogP contribution in [0.2, 0.25) is 0 Å². The Morgan fingerprint density at radius 1 is 1.30 bits per heavy atom. The number of furan rings is 1. The van der Waals surface area contributed by atoms with Crippen molar-refractivity contribution < 1.29 is 9.21 Å². The summed E-state index contributed by atoms with van der Waals surface area (Å²) < 4.78 is 7.00. The van der Waals surface area contributed by atoms with Crippen LogP contribution >= 0.6 is 11.8 Å². The molecule has 6 heteroatoms. The molecular formula is C17H15N3O2S. The van der Waals surface area contributed by atoms with E-state index < -0.39 is 0 Å². The highest BCUT2D eigenvalue weighted by Crippen LogP contribution is 2.36. The molecule has 3 heterocycles. The smallest absolute Gasteiger partial charge is 0.292 e. The van der Waals surface area contributed by atoms with Gasteiger partial charge in [-0.25, -0.2) is 4.68 Å². The number of rotatable bonds is 3. The van der Waals surface area contributed by atoms with Crippen molar-refractivity contribution in [1.29, 1.82) is 0 Å². The number of nitrogens with zero attached hydrogens (tertiary/aromatic N) is 2. The molecule has 116 valence electrons. The zero-order chi connectivity index (χ0) is 15.8. The zero-order valence-electron chi connectivity index (χ0n) is 12.6. The van der Waals surface area contributed by atoms with Crippen LogP contribution < -0.4 is 5.32 Å². The number of amides is 1. The second-order valence-corrected chi connectivity index (χ2v) is 6.43. The lowest BCUT2D eigenvalue weighted by atomic mass is 10.2. The van der Waals surface area contributed by atoms with E-state index in [0.29, 0.717) is 5.76 Å². The van der Waals surface area contributed by atoms with Gasteiger partial charge in [-0.2, -0.15) is 16.9 Å². The van der Waals surface area contributed by atoms with Crippen LogP contribution in [0.5, 0.6) is 0 Å². The lowest BCUT2D eigenvalue weighted by molar-refractivity contribution is 0.0996. The molecule has 3 aromatic rings. The number of aromatic nitrogens is 2. The molecule has 4 rings (SSSR count). The molecule has 0 bridgehead atoms. The normalized spacial score (nSPS) is 13.1. The summed E-state index contributed by atoms with van der Waals surface area (Å²) in [6, 6.07) is 11.4. The van der Waals surface area contributed by atoms with E-state index in [-0.39, 0.29) is 5.91 Å². The second kappa shape index (κ2) is 5.62. The summed E-state index contributed by atoms with van der Waals surface area (Å²) in [6.07, 6.45) is 1.49. The quantitative estimate of drug-likeness (QED) is 0.796. The molecule has 5 nitrogen and oxygen atoms in total. The van der Waals surface area contributed by atoms with Crippen molar-refractivity contribution in [3.63, 3.8) is 0 Å². The van der Waals surface area contributed by atoms with E-state index in [1.165, 1.54) is 6.26 Å². The number of thioether (sulfide) groups is 1. The Labute approximate surface area is 137 Å². The molecule has 2 aromatic heterocycles. The fourth-order valence-electron chi connectivity index (χ4n) is 2.66. The average Bonchev–Trinajstić information content (AvgIpc) is 3.25. The Morgan fingerprint density at radius 2 is 2.22 bits per heavy atom. The van der Waals surface area contributed by atoms with E-state index in [9.17, 15) is 4.79 Å². The van der Waals surface area contributed by atoms with Crippen LogP contribution in [0, 0.1) is 6.92 Å². The molecule has 1 aromatic carbocycles. The van der Waals surface area contributed by atoms with Gasteiger partial charge >= 0.3 is 0 Å². The van der Waals surface area contributed by atoms with Crippen LogP contribution in [-0.4, -0.2) is 15.7 Å². The lowest BCUT2D eigenvalue weighted by Crippen LogP contribution is -2.15. The van der Waals surface area contributed by atoms with E-state index in [1.54, 1.807) is 23.9 Å². The van der Waals surface area contributed by atoms with Gasteiger partial charge in [-0.05, 0) is 36.8 Å². The fourth-order valence-corrected chi connectivity index (χ4v) is 3.70. The summed E-state index contributed by atoms with van der Waals surface area (Å²) >= 11 is 1.80. The van der Waals surface area contributed by atoms with E-state index in [4.69, 9.17) is 4.42 Å². The van der Waals surface area contributed by atoms with Crippen molar-refractivity contribution in [2.24, 2.45) is 0 Å². The maximum absolute atomic E-state index is 12.4. The van der Waals surface area contributed by atoms with E-state index in [2.05, 4.69) is 16.5 Å². The van der Waals surface area contributed by atoms with Gasteiger partial charge in [0, 0.05) is 17.1 Å². The largest absolute Gasteiger partial charge is 0.459 e. The van der Waals surface area contributed by atoms with E-state index >= 15 is 0 Å². The number of anilines is 1. The Hall–Kier alpha value is -2.47. The van der Waals surface area contributed by atoms with Gasteiger partial charge in [0.15, 0.2) is 5.76 Å². The van der Waals surface area contributed by atoms with Gasteiger partial charge in [-0.15, -0.1) is 0 Å². The van der Waals surface area contributed by atoms with Crippen LogP contribution in [0.25, 0.3) is 5.69 Å². The molecular weight excluding hydrogens is 310 g/mol. The number of carbonyl (C=O) groups excluding carboxylic acids is 1. The van der Waals surface area contributed by atoms with Gasteiger partial charge in [0.1, 0.15) is 5.82 Å². The van der Waals surface area contributed by atoms with Gasteiger partial charge in [-0.1, -0.05) is 12.1 Å². The summed E-state index contributed by atoms with van der Waals surface area (Å²) in [5.74, 6) is 2.49. The first-order valence-corrected chi connectivity index (χ1v) is 8.48. The minimum atomic E-state index is -0.261. The Morgan fingerprint density at radius 3 is 3.00 bits per heavy atom. The number of nitrogens with one attached hydrogen (secondary N) is 1. The van der Waals surface area contributed by atoms with Crippen molar-refractivity contribution in [3.8, 4) is 5.69 Å². The van der Waals surface area contributed by atoms with E-state index in [0.717, 1.165) is 39.8 Å². The molecule has 1 aliphatic rings. The standard InChI is InChI=1S/C17H15N3O2S/c1-11-4-2-5-12(8-11)20-16(13-9-23-10-14(13)19-20)18-17(21)15-6-3-7-22-15/h2-8H,9-10H2,1H3,(H,18,21). The van der Waals surface area contributed by atoms with Crippen molar-refractivity contribution >= 4 is 23.5 Å². The van der Waals surface area contributed by atoms with Crippen molar-refractivity contribution in [1.82, 2.24) is 9.78 Å². The first-order chi connectivity index (χ1) is 11.2. The highest BCUT2D eigenvalue weighted by molar-refractivity contribution is 7.98. The third kappa shape index (κ3) is 2.55. The number of carbonyl (C=O) groups is 1. The summed E-state index contributed by atoms with van der Waals surface area (Å²) in [5.41, 5.74) is 4.22. The van der Waals surface area contributed by atoms with Crippen LogP contribution in [0.3, 0.4) is 0 Å². The Bertz CT molecular complexity index is 868. The highest BCUT2D eigenvalue weighted by atomic mass is 32.2. The van der Waals surface area contributed by atoms with Crippen LogP contribution in [-0.2, 0) is 11.5 Å². The number of benzene rings is 1. The number of hydrogen-bond acceptors (Lipinski definition) is 4. The first-order valence-electron chi connectivity index (χ1n) is 7.33. The predicted molar refractivity (Wildman–Crippen MR) is 90.0 cm³/mol. The van der Waals surface area contributed by atoms with Crippen molar-refractivity contribution in [2.75, 3.05) is 5.32 Å². The molecule has 0 fully saturated rings. The van der Waals surface area contributed by atoms with Crippen LogP contribution in [0.4, 0.5) is 5.82 Å². The number of aryl methyl sites for hydroxylation is 1. The molecule has 23 heavy (non-hydrogen) atoms. The molecule has 0 aliphatic carbocycles. The van der Waals surface area contributed by atoms with Gasteiger partial charge in [0.25, 0.3) is 5.91 Å². The van der Waals surface area contributed by atoms with Crippen LogP contribution in [0.1, 0.15) is 27.4 Å². The molecule has 0 unspecified atom stereocenters. The Balaban J connectivity index is 1.77. The van der Waals surface area contributed by atoms with E-state index in [1.807, 2.05) is 29.8 Å². The summed E-state index contributed by atoms with van der Waals surface area (Å²) in [6.45, 7) is 2.04. The molecule has 1 amide bonds. The molecule has 0 radical (unpaired) electrons. The van der Waals surface area contributed by atoms with Crippen LogP contribution in [0.15, 0.2) is 47.1 Å². The van der Waals surface area contributed by atoms with Gasteiger partial charge in [-0.3, -0.25) is 4.79 Å². The maximum Gasteiger partial charge on any atom is 0.292 e. The molecule has 0 spiro atoms. The van der Waals surface area contributed by atoms with Crippen molar-refractivity contribution in [2.45, 2.75) is 18.4 Å². The predicted octanol–water partition coefficient (Wildman–Crippen LogP) is 3.77. The number of hydrogen-bond donors (Lipinski definition) is 1. The Kier molecular flexibility index (Phi) is 3.46. The monoisotopic (exact) mass is 325 g/mol. The summed E-state index contributed by atoms with van der Waals surface area (Å²) in [4.78, 5) is 12.4. The first kappa shape index (κ1) is 14.1. The zero-order valence-corrected chi connectivity index (χ0v) is 13.4. The molecule has 1 aliphatic heterocycles. The molecule has 0 atom stereocenters. The topological polar surface area (TPSA) is 60.1 Å². The summed E-state index contributed by atoms with van der Waals surface area (Å²) in [5, 5.41) is 7.65. The SMILES string of the molecule is Cc1cccc(-n2nc3c(c2NC(=O)c2ccco2)CSC3)c1. The minimum absolute atomic E-state index is 0.261. The minimum Gasteiger partial charge on any atom is -0.459 e. The fraction of sp³-hybridized carbons (Fsp3) is 0.176. The highest BCUT2D eigenvalue weighted by Gasteiger charge is 2.25. The second-order valence-electron chi connectivity index (χ2n) is 5.45. The lowest BCUT2D eigenvalue weighted by Gasteiger charge is -2.10. The van der Waals surface area contributed by atoms with Gasteiger partial charge in [0.05, 0.1) is 17.6 Å². The third-order valence-corrected chi connectivity index (χ3v) is 4.75. The molecule has 1 N–H and O–H groups in total.